The quantitative estimate of drug-likeness (QED) is 0.667. The standard InChI is InChI=1S/C13H16ClNO4/c1-9(16)15-10-3-4-11(17-6-2-5-14)13-12(10)18-7-8-19-13/h3-4H,2,5-8H2,1H3,(H,15,16). The second kappa shape index (κ2) is 6.52. The number of nitrogens with one attached hydrogen (secondary N) is 1. The molecule has 104 valence electrons. The molecule has 6 heteroatoms. The van der Waals surface area contributed by atoms with Crippen molar-refractivity contribution in [2.75, 3.05) is 31.0 Å². The Labute approximate surface area is 116 Å². The van der Waals surface area contributed by atoms with Gasteiger partial charge in [0.05, 0.1) is 12.3 Å². The van der Waals surface area contributed by atoms with Crippen LogP contribution in [0.2, 0.25) is 0 Å². The normalized spacial score (nSPS) is 12.9. The molecule has 0 radical (unpaired) electrons. The van der Waals surface area contributed by atoms with E-state index in [1.807, 2.05) is 0 Å². The summed E-state index contributed by atoms with van der Waals surface area (Å²) < 4.78 is 16.7. The lowest BCUT2D eigenvalue weighted by atomic mass is 10.2. The zero-order valence-electron chi connectivity index (χ0n) is 10.7. The van der Waals surface area contributed by atoms with Gasteiger partial charge in [-0.15, -0.1) is 11.6 Å². The van der Waals surface area contributed by atoms with Crippen molar-refractivity contribution in [1.82, 2.24) is 0 Å². The van der Waals surface area contributed by atoms with Crippen LogP contribution in [0.4, 0.5) is 5.69 Å². The Hall–Kier alpha value is -1.62. The van der Waals surface area contributed by atoms with E-state index in [1.54, 1.807) is 12.1 Å². The largest absolute Gasteiger partial charge is 0.490 e. The molecule has 0 atom stereocenters. The Morgan fingerprint density at radius 3 is 2.79 bits per heavy atom. The molecule has 0 saturated heterocycles. The molecule has 1 aliphatic heterocycles. The molecule has 0 bridgehead atoms. The topological polar surface area (TPSA) is 56.8 Å². The van der Waals surface area contributed by atoms with Crippen LogP contribution in [0, 0.1) is 0 Å². The second-order valence-corrected chi connectivity index (χ2v) is 4.42. The molecule has 1 aromatic carbocycles. The maximum absolute atomic E-state index is 11.1. The van der Waals surface area contributed by atoms with E-state index in [-0.39, 0.29) is 5.91 Å². The van der Waals surface area contributed by atoms with Gasteiger partial charge in [-0.3, -0.25) is 4.79 Å². The number of halogens is 1. The Morgan fingerprint density at radius 1 is 1.37 bits per heavy atom. The molecular weight excluding hydrogens is 270 g/mol. The fraction of sp³-hybridized carbons (Fsp3) is 0.462. The van der Waals surface area contributed by atoms with Crippen LogP contribution >= 0.6 is 11.6 Å². The van der Waals surface area contributed by atoms with Gasteiger partial charge in [-0.1, -0.05) is 0 Å². The maximum Gasteiger partial charge on any atom is 0.221 e. The van der Waals surface area contributed by atoms with E-state index in [0.29, 0.717) is 48.6 Å². The molecule has 0 unspecified atom stereocenters. The highest BCUT2D eigenvalue weighted by Gasteiger charge is 2.21. The molecule has 1 aromatic rings. The fourth-order valence-electron chi connectivity index (χ4n) is 1.75. The SMILES string of the molecule is CC(=O)Nc1ccc(OCCCCl)c2c1OCCO2. The summed E-state index contributed by atoms with van der Waals surface area (Å²) in [5, 5.41) is 2.71. The van der Waals surface area contributed by atoms with E-state index in [4.69, 9.17) is 25.8 Å². The lowest BCUT2D eigenvalue weighted by Crippen LogP contribution is -2.18. The first-order valence-electron chi connectivity index (χ1n) is 6.11. The van der Waals surface area contributed by atoms with E-state index < -0.39 is 0 Å². The predicted octanol–water partition coefficient (Wildman–Crippen LogP) is 2.42. The number of carbonyl (C=O) groups excluding carboxylic acids is 1. The Kier molecular flexibility index (Phi) is 4.74. The molecule has 5 nitrogen and oxygen atoms in total. The summed E-state index contributed by atoms with van der Waals surface area (Å²) in [6.07, 6.45) is 0.755. The molecule has 19 heavy (non-hydrogen) atoms. The van der Waals surface area contributed by atoms with Gasteiger partial charge in [0.15, 0.2) is 11.5 Å². The Morgan fingerprint density at radius 2 is 2.11 bits per heavy atom. The lowest BCUT2D eigenvalue weighted by molar-refractivity contribution is -0.114. The molecule has 0 saturated carbocycles. The minimum Gasteiger partial charge on any atom is -0.490 e. The monoisotopic (exact) mass is 285 g/mol. The zero-order chi connectivity index (χ0) is 13.7. The molecule has 0 aromatic heterocycles. The molecular formula is C13H16ClNO4. The van der Waals surface area contributed by atoms with Gasteiger partial charge in [-0.25, -0.2) is 0 Å². The van der Waals surface area contributed by atoms with Gasteiger partial charge in [0, 0.05) is 12.8 Å². The van der Waals surface area contributed by atoms with E-state index in [0.717, 1.165) is 6.42 Å². The number of carbonyl (C=O) groups is 1. The second-order valence-electron chi connectivity index (χ2n) is 4.04. The third-order valence-electron chi connectivity index (χ3n) is 2.50. The number of hydrogen-bond donors (Lipinski definition) is 1. The molecule has 1 amide bonds. The van der Waals surface area contributed by atoms with Gasteiger partial charge < -0.3 is 19.5 Å². The van der Waals surface area contributed by atoms with Crippen LogP contribution in [-0.4, -0.2) is 31.6 Å². The number of anilines is 1. The number of alkyl halides is 1. The average Bonchev–Trinajstić information content (AvgIpc) is 2.41. The maximum atomic E-state index is 11.1. The van der Waals surface area contributed by atoms with Gasteiger partial charge in [0.1, 0.15) is 13.2 Å². The van der Waals surface area contributed by atoms with Crippen molar-refractivity contribution in [3.63, 3.8) is 0 Å². The van der Waals surface area contributed by atoms with Crippen LogP contribution < -0.4 is 19.5 Å². The van der Waals surface area contributed by atoms with E-state index in [2.05, 4.69) is 5.32 Å². The fourth-order valence-corrected chi connectivity index (χ4v) is 1.86. The smallest absolute Gasteiger partial charge is 0.221 e. The van der Waals surface area contributed by atoms with Crippen LogP contribution in [0.25, 0.3) is 0 Å². The molecule has 0 spiro atoms. The number of benzene rings is 1. The van der Waals surface area contributed by atoms with E-state index in [1.165, 1.54) is 6.92 Å². The van der Waals surface area contributed by atoms with Crippen LogP contribution in [0.3, 0.4) is 0 Å². The van der Waals surface area contributed by atoms with Gasteiger partial charge in [0.2, 0.25) is 11.7 Å². The summed E-state index contributed by atoms with van der Waals surface area (Å²) in [6, 6.07) is 3.50. The van der Waals surface area contributed by atoms with Crippen molar-refractivity contribution >= 4 is 23.2 Å². The van der Waals surface area contributed by atoms with Crippen molar-refractivity contribution in [3.8, 4) is 17.2 Å². The van der Waals surface area contributed by atoms with Crippen molar-refractivity contribution in [2.24, 2.45) is 0 Å². The zero-order valence-corrected chi connectivity index (χ0v) is 11.5. The summed E-state index contributed by atoms with van der Waals surface area (Å²) in [7, 11) is 0. The highest BCUT2D eigenvalue weighted by atomic mass is 35.5. The number of amides is 1. The number of rotatable bonds is 5. The van der Waals surface area contributed by atoms with Crippen LogP contribution in [0.5, 0.6) is 17.2 Å². The third-order valence-corrected chi connectivity index (χ3v) is 2.77. The van der Waals surface area contributed by atoms with Gasteiger partial charge in [-0.2, -0.15) is 0 Å². The number of fused-ring (bicyclic) bond motifs is 1. The third kappa shape index (κ3) is 3.44. The first-order chi connectivity index (χ1) is 9.22. The minimum absolute atomic E-state index is 0.160. The molecule has 2 rings (SSSR count). The Bertz CT molecular complexity index is 464. The summed E-state index contributed by atoms with van der Waals surface area (Å²) in [6.45, 7) is 2.87. The highest BCUT2D eigenvalue weighted by molar-refractivity contribution is 6.17. The van der Waals surface area contributed by atoms with Crippen molar-refractivity contribution in [2.45, 2.75) is 13.3 Å². The first-order valence-corrected chi connectivity index (χ1v) is 6.64. The summed E-state index contributed by atoms with van der Waals surface area (Å²) in [4.78, 5) is 11.1. The number of ether oxygens (including phenoxy) is 3. The van der Waals surface area contributed by atoms with Gasteiger partial charge in [0.25, 0.3) is 0 Å². The number of hydrogen-bond acceptors (Lipinski definition) is 4. The summed E-state index contributed by atoms with van der Waals surface area (Å²) in [5.41, 5.74) is 0.590. The Balaban J connectivity index is 2.23. The van der Waals surface area contributed by atoms with Gasteiger partial charge in [-0.05, 0) is 18.6 Å². The van der Waals surface area contributed by atoms with Gasteiger partial charge >= 0.3 is 0 Å². The van der Waals surface area contributed by atoms with Crippen molar-refractivity contribution < 1.29 is 19.0 Å². The van der Waals surface area contributed by atoms with Crippen LogP contribution in [0.15, 0.2) is 12.1 Å². The molecule has 1 heterocycles. The molecule has 1 N–H and O–H groups in total. The lowest BCUT2D eigenvalue weighted by Gasteiger charge is -2.23. The van der Waals surface area contributed by atoms with Crippen molar-refractivity contribution in [3.05, 3.63) is 12.1 Å². The van der Waals surface area contributed by atoms with E-state index in [9.17, 15) is 4.79 Å². The molecule has 0 aliphatic carbocycles. The van der Waals surface area contributed by atoms with E-state index >= 15 is 0 Å². The predicted molar refractivity (Wildman–Crippen MR) is 72.6 cm³/mol. The van der Waals surface area contributed by atoms with Crippen LogP contribution in [-0.2, 0) is 4.79 Å². The minimum atomic E-state index is -0.160. The first kappa shape index (κ1) is 13.8. The molecule has 0 fully saturated rings. The van der Waals surface area contributed by atoms with Crippen molar-refractivity contribution in [1.29, 1.82) is 0 Å². The molecule has 1 aliphatic rings. The highest BCUT2D eigenvalue weighted by Crippen LogP contribution is 2.44. The summed E-state index contributed by atoms with van der Waals surface area (Å²) >= 11 is 5.61. The van der Waals surface area contributed by atoms with Crippen LogP contribution in [0.1, 0.15) is 13.3 Å². The summed E-state index contributed by atoms with van der Waals surface area (Å²) in [5.74, 6) is 2.04. The average molecular weight is 286 g/mol.